The van der Waals surface area contributed by atoms with Gasteiger partial charge in [-0.05, 0) is 31.2 Å². The number of hydrogen-bond donors (Lipinski definition) is 1. The molecule has 0 saturated heterocycles. The standard InChI is InChI=1S/C17H17NO4/c1-12-5-6-14(9-18-12)17(21)13-3-2-4-16(8-7-13)22-11-15(20)10-19/h2-9,13,19H,10-11H2,1H3/t13-/m1/s1. The van der Waals surface area contributed by atoms with Gasteiger partial charge in [-0.1, -0.05) is 18.2 Å². The Hall–Kier alpha value is -2.53. The van der Waals surface area contributed by atoms with Crippen molar-refractivity contribution in [2.75, 3.05) is 13.2 Å². The molecule has 0 aliphatic heterocycles. The molecular formula is C17H17NO4. The van der Waals surface area contributed by atoms with E-state index in [2.05, 4.69) is 4.98 Å². The molecule has 0 saturated carbocycles. The predicted molar refractivity (Wildman–Crippen MR) is 81.2 cm³/mol. The van der Waals surface area contributed by atoms with Crippen LogP contribution in [0, 0.1) is 12.8 Å². The fourth-order valence-electron chi connectivity index (χ4n) is 1.87. The maximum Gasteiger partial charge on any atom is 0.195 e. The predicted octanol–water partition coefficient (Wildman–Crippen LogP) is 1.78. The number of nitrogens with zero attached hydrogens (tertiary/aromatic N) is 1. The number of ketones is 2. The highest BCUT2D eigenvalue weighted by Gasteiger charge is 2.16. The third kappa shape index (κ3) is 4.23. The molecule has 22 heavy (non-hydrogen) atoms. The van der Waals surface area contributed by atoms with Gasteiger partial charge in [0, 0.05) is 17.5 Å². The lowest BCUT2D eigenvalue weighted by molar-refractivity contribution is -0.124. The van der Waals surface area contributed by atoms with Crippen molar-refractivity contribution in [2.45, 2.75) is 6.92 Å². The molecular weight excluding hydrogens is 282 g/mol. The van der Waals surface area contributed by atoms with E-state index in [0.29, 0.717) is 11.3 Å². The molecule has 1 aromatic rings. The molecule has 0 spiro atoms. The maximum atomic E-state index is 12.4. The lowest BCUT2D eigenvalue weighted by Crippen LogP contribution is -2.12. The average molecular weight is 299 g/mol. The summed E-state index contributed by atoms with van der Waals surface area (Å²) in [7, 11) is 0. The van der Waals surface area contributed by atoms with Gasteiger partial charge in [0.1, 0.15) is 19.0 Å². The molecule has 0 radical (unpaired) electrons. The van der Waals surface area contributed by atoms with Crippen molar-refractivity contribution in [1.29, 1.82) is 0 Å². The fourth-order valence-corrected chi connectivity index (χ4v) is 1.87. The molecule has 0 fully saturated rings. The number of Topliss-reactive ketones (excluding diaryl/α,β-unsaturated/α-hetero) is 2. The summed E-state index contributed by atoms with van der Waals surface area (Å²) in [4.78, 5) is 27.5. The molecule has 2 rings (SSSR count). The SMILES string of the molecule is Cc1ccc(C(=O)[C@@H]2C=CC=C(OCC(=O)CO)C=C2)cn1. The minimum Gasteiger partial charge on any atom is -0.486 e. The third-order valence-electron chi connectivity index (χ3n) is 3.12. The normalized spacial score (nSPS) is 16.8. The number of aryl methyl sites for hydroxylation is 1. The Morgan fingerprint density at radius 1 is 1.32 bits per heavy atom. The van der Waals surface area contributed by atoms with E-state index in [1.165, 1.54) is 0 Å². The van der Waals surface area contributed by atoms with E-state index < -0.39 is 18.3 Å². The molecule has 0 amide bonds. The van der Waals surface area contributed by atoms with Crippen LogP contribution < -0.4 is 0 Å². The minimum atomic E-state index is -0.547. The molecule has 5 heteroatoms. The summed E-state index contributed by atoms with van der Waals surface area (Å²) in [6.07, 6.45) is 10.1. The first-order valence-corrected chi connectivity index (χ1v) is 6.89. The van der Waals surface area contributed by atoms with Crippen LogP contribution in [0.2, 0.25) is 0 Å². The number of aliphatic hydroxyl groups excluding tert-OH is 1. The van der Waals surface area contributed by atoms with Crippen molar-refractivity contribution in [3.63, 3.8) is 0 Å². The quantitative estimate of drug-likeness (QED) is 0.810. The highest BCUT2D eigenvalue weighted by atomic mass is 16.5. The molecule has 1 N–H and O–H groups in total. The topological polar surface area (TPSA) is 76.5 Å². The number of rotatable bonds is 6. The zero-order valence-electron chi connectivity index (χ0n) is 12.2. The van der Waals surface area contributed by atoms with Gasteiger partial charge in [0.2, 0.25) is 0 Å². The number of aromatic nitrogens is 1. The summed E-state index contributed by atoms with van der Waals surface area (Å²) in [6, 6.07) is 3.55. The van der Waals surface area contributed by atoms with Crippen molar-refractivity contribution in [3.05, 3.63) is 65.7 Å². The summed E-state index contributed by atoms with van der Waals surface area (Å²) in [6.45, 7) is 1.12. The molecule has 1 atom stereocenters. The Morgan fingerprint density at radius 2 is 2.14 bits per heavy atom. The Labute approximate surface area is 128 Å². The fraction of sp³-hybridized carbons (Fsp3) is 0.235. The van der Waals surface area contributed by atoms with E-state index in [1.807, 2.05) is 6.92 Å². The largest absolute Gasteiger partial charge is 0.486 e. The molecule has 114 valence electrons. The smallest absolute Gasteiger partial charge is 0.195 e. The van der Waals surface area contributed by atoms with Gasteiger partial charge >= 0.3 is 0 Å². The van der Waals surface area contributed by atoms with Gasteiger partial charge in [0.05, 0.1) is 5.92 Å². The number of aliphatic hydroxyl groups is 1. The van der Waals surface area contributed by atoms with E-state index in [4.69, 9.17) is 9.84 Å². The zero-order chi connectivity index (χ0) is 15.9. The number of pyridine rings is 1. The molecule has 1 aliphatic carbocycles. The van der Waals surface area contributed by atoms with Crippen LogP contribution in [0.15, 0.2) is 54.5 Å². The van der Waals surface area contributed by atoms with Crippen LogP contribution in [-0.4, -0.2) is 34.9 Å². The average Bonchev–Trinajstić information content (AvgIpc) is 2.78. The van der Waals surface area contributed by atoms with Crippen molar-refractivity contribution in [3.8, 4) is 0 Å². The lowest BCUT2D eigenvalue weighted by atomic mass is 9.98. The van der Waals surface area contributed by atoms with Crippen LogP contribution in [0.1, 0.15) is 16.1 Å². The van der Waals surface area contributed by atoms with Crippen LogP contribution in [0.5, 0.6) is 0 Å². The first-order chi connectivity index (χ1) is 10.6. The van der Waals surface area contributed by atoms with E-state index >= 15 is 0 Å². The summed E-state index contributed by atoms with van der Waals surface area (Å²) < 4.78 is 5.25. The Kier molecular flexibility index (Phi) is 5.38. The van der Waals surface area contributed by atoms with Crippen molar-refractivity contribution >= 4 is 11.6 Å². The minimum absolute atomic E-state index is 0.0546. The lowest BCUT2D eigenvalue weighted by Gasteiger charge is -2.06. The van der Waals surface area contributed by atoms with E-state index in [1.54, 1.807) is 48.7 Å². The van der Waals surface area contributed by atoms with Gasteiger partial charge in [-0.3, -0.25) is 14.6 Å². The second-order valence-electron chi connectivity index (χ2n) is 4.88. The molecule has 0 aromatic carbocycles. The van der Waals surface area contributed by atoms with Gasteiger partial charge in [-0.15, -0.1) is 0 Å². The van der Waals surface area contributed by atoms with E-state index in [-0.39, 0.29) is 12.4 Å². The maximum absolute atomic E-state index is 12.4. The van der Waals surface area contributed by atoms with Crippen molar-refractivity contribution in [2.24, 2.45) is 5.92 Å². The summed E-state index contributed by atoms with van der Waals surface area (Å²) in [5.74, 6) is -0.396. The van der Waals surface area contributed by atoms with Crippen LogP contribution in [0.4, 0.5) is 0 Å². The van der Waals surface area contributed by atoms with Crippen LogP contribution in [-0.2, 0) is 9.53 Å². The number of hydrogen-bond acceptors (Lipinski definition) is 5. The molecule has 1 heterocycles. The van der Waals surface area contributed by atoms with Gasteiger partial charge in [0.15, 0.2) is 11.6 Å². The van der Waals surface area contributed by atoms with Gasteiger partial charge in [0.25, 0.3) is 0 Å². The molecule has 0 bridgehead atoms. The van der Waals surface area contributed by atoms with Gasteiger partial charge < -0.3 is 9.84 Å². The number of allylic oxidation sites excluding steroid dienone is 5. The van der Waals surface area contributed by atoms with E-state index in [0.717, 1.165) is 5.69 Å². The van der Waals surface area contributed by atoms with Crippen LogP contribution in [0.25, 0.3) is 0 Å². The highest BCUT2D eigenvalue weighted by Crippen LogP contribution is 2.16. The molecule has 1 aromatic heterocycles. The second kappa shape index (κ2) is 7.47. The Morgan fingerprint density at radius 3 is 2.82 bits per heavy atom. The van der Waals surface area contributed by atoms with Gasteiger partial charge in [-0.25, -0.2) is 0 Å². The number of carbonyl (C=O) groups excluding carboxylic acids is 2. The molecule has 0 unspecified atom stereocenters. The van der Waals surface area contributed by atoms with Crippen molar-refractivity contribution < 1.29 is 19.4 Å². The van der Waals surface area contributed by atoms with Crippen LogP contribution >= 0.6 is 0 Å². The van der Waals surface area contributed by atoms with Crippen LogP contribution in [0.3, 0.4) is 0 Å². The molecule has 5 nitrogen and oxygen atoms in total. The monoisotopic (exact) mass is 299 g/mol. The number of ether oxygens (including phenoxy) is 1. The summed E-state index contributed by atoms with van der Waals surface area (Å²) >= 11 is 0. The first-order valence-electron chi connectivity index (χ1n) is 6.89. The summed E-state index contributed by atoms with van der Waals surface area (Å²) in [5, 5.41) is 8.65. The summed E-state index contributed by atoms with van der Waals surface area (Å²) in [5.41, 5.74) is 1.40. The Balaban J connectivity index is 2.02. The van der Waals surface area contributed by atoms with Gasteiger partial charge in [-0.2, -0.15) is 0 Å². The second-order valence-corrected chi connectivity index (χ2v) is 4.88. The van der Waals surface area contributed by atoms with E-state index in [9.17, 15) is 9.59 Å². The zero-order valence-corrected chi connectivity index (χ0v) is 12.2. The van der Waals surface area contributed by atoms with Crippen molar-refractivity contribution in [1.82, 2.24) is 4.98 Å². The highest BCUT2D eigenvalue weighted by molar-refractivity contribution is 5.99. The third-order valence-corrected chi connectivity index (χ3v) is 3.12. The molecule has 1 aliphatic rings. The first kappa shape index (κ1) is 15.9. The Bertz CT molecular complexity index is 641. The number of carbonyl (C=O) groups is 2.